The summed E-state index contributed by atoms with van der Waals surface area (Å²) in [6.07, 6.45) is 10.3. The predicted molar refractivity (Wildman–Crippen MR) is 134 cm³/mol. The molecule has 1 unspecified atom stereocenters. The molecule has 0 aromatic heterocycles. The molecule has 4 heteroatoms. The zero-order valence-corrected chi connectivity index (χ0v) is 22.4. The third-order valence-corrected chi connectivity index (χ3v) is 12.4. The number of aliphatic carboxylic acids is 1. The molecule has 0 spiro atoms. The van der Waals surface area contributed by atoms with Gasteiger partial charge in [0.2, 0.25) is 0 Å². The Morgan fingerprint density at radius 3 is 2.24 bits per heavy atom. The van der Waals surface area contributed by atoms with Gasteiger partial charge in [-0.2, -0.15) is 0 Å². The first-order valence-electron chi connectivity index (χ1n) is 13.6. The Bertz CT molecular complexity index is 974. The fourth-order valence-corrected chi connectivity index (χ4v) is 10.1. The molecule has 0 radical (unpaired) electrons. The monoisotopic (exact) mass is 470 g/mol. The van der Waals surface area contributed by atoms with E-state index in [0.29, 0.717) is 18.3 Å². The molecule has 190 valence electrons. The van der Waals surface area contributed by atoms with Gasteiger partial charge in [0.05, 0.1) is 17.6 Å². The molecular formula is C30H46O4. The number of carboxylic acid groups (broad SMARTS) is 1. The Kier molecular flexibility index (Phi) is 5.06. The minimum Gasteiger partial charge on any atom is -0.481 e. The van der Waals surface area contributed by atoms with Gasteiger partial charge in [-0.25, -0.2) is 0 Å². The Morgan fingerprint density at radius 1 is 0.941 bits per heavy atom. The average Bonchev–Trinajstić information content (AvgIpc) is 2.72. The van der Waals surface area contributed by atoms with E-state index in [1.54, 1.807) is 0 Å². The van der Waals surface area contributed by atoms with Gasteiger partial charge in [0.1, 0.15) is 0 Å². The van der Waals surface area contributed by atoms with Gasteiger partial charge in [-0.05, 0) is 101 Å². The normalized spacial score (nSPS) is 51.1. The minimum absolute atomic E-state index is 0.000318. The van der Waals surface area contributed by atoms with Crippen molar-refractivity contribution >= 4 is 5.97 Å². The van der Waals surface area contributed by atoms with Crippen LogP contribution in [0.25, 0.3) is 0 Å². The van der Waals surface area contributed by atoms with Crippen LogP contribution in [0.2, 0.25) is 0 Å². The Labute approximate surface area is 205 Å². The molecule has 3 fully saturated rings. The lowest BCUT2D eigenvalue weighted by atomic mass is 9.35. The molecule has 3 N–H and O–H groups in total. The van der Waals surface area contributed by atoms with Gasteiger partial charge < -0.3 is 15.3 Å². The third kappa shape index (κ3) is 2.82. The number of fused-ring (bicyclic) bond motifs is 6. The van der Waals surface area contributed by atoms with Crippen molar-refractivity contribution in [2.24, 2.45) is 44.3 Å². The molecule has 0 aliphatic heterocycles. The topological polar surface area (TPSA) is 77.8 Å². The van der Waals surface area contributed by atoms with E-state index >= 15 is 0 Å². The fourth-order valence-electron chi connectivity index (χ4n) is 10.1. The molecule has 5 rings (SSSR count). The molecule has 8 atom stereocenters. The van der Waals surface area contributed by atoms with Gasteiger partial charge in [-0.3, -0.25) is 4.79 Å². The summed E-state index contributed by atoms with van der Waals surface area (Å²) in [5.41, 5.74) is 1.43. The number of aliphatic hydroxyl groups excluding tert-OH is 2. The highest BCUT2D eigenvalue weighted by atomic mass is 16.4. The van der Waals surface area contributed by atoms with Crippen molar-refractivity contribution in [3.63, 3.8) is 0 Å². The predicted octanol–water partition coefficient (Wildman–Crippen LogP) is 6.12. The number of hydrogen-bond acceptors (Lipinski definition) is 3. The molecule has 3 saturated carbocycles. The second kappa shape index (κ2) is 7.00. The Hall–Kier alpha value is -1.13. The van der Waals surface area contributed by atoms with Gasteiger partial charge >= 0.3 is 5.97 Å². The lowest BCUT2D eigenvalue weighted by Crippen LogP contribution is -2.65. The van der Waals surface area contributed by atoms with Crippen LogP contribution in [0.15, 0.2) is 23.3 Å². The van der Waals surface area contributed by atoms with Crippen molar-refractivity contribution in [2.75, 3.05) is 0 Å². The van der Waals surface area contributed by atoms with Crippen LogP contribution in [0.5, 0.6) is 0 Å². The van der Waals surface area contributed by atoms with Crippen LogP contribution in [0, 0.1) is 44.3 Å². The Balaban J connectivity index is 1.68. The highest BCUT2D eigenvalue weighted by molar-refractivity contribution is 5.80. The molecule has 0 saturated heterocycles. The van der Waals surface area contributed by atoms with E-state index in [4.69, 9.17) is 0 Å². The first-order chi connectivity index (χ1) is 15.6. The van der Waals surface area contributed by atoms with E-state index in [1.807, 2.05) is 0 Å². The summed E-state index contributed by atoms with van der Waals surface area (Å²) in [5, 5.41) is 32.3. The second-order valence-electron chi connectivity index (χ2n) is 14.8. The SMILES string of the molecule is CC1(C)CC[C@]2(C(=O)O)CC[C@]3(C)C(=C2C1)C=CC1[C@@]2(C)C[C@@H](O)[C@H](O)C(C)(C)[C@@H]2CC[C@]13C. The van der Waals surface area contributed by atoms with Gasteiger partial charge in [-0.1, -0.05) is 60.6 Å². The largest absolute Gasteiger partial charge is 0.481 e. The van der Waals surface area contributed by atoms with E-state index in [-0.39, 0.29) is 27.1 Å². The third-order valence-electron chi connectivity index (χ3n) is 12.4. The number of carboxylic acids is 1. The van der Waals surface area contributed by atoms with E-state index < -0.39 is 23.6 Å². The quantitative estimate of drug-likeness (QED) is 0.431. The number of aliphatic hydroxyl groups is 2. The van der Waals surface area contributed by atoms with Gasteiger partial charge in [-0.15, -0.1) is 0 Å². The van der Waals surface area contributed by atoms with Crippen LogP contribution in [0.4, 0.5) is 0 Å². The summed E-state index contributed by atoms with van der Waals surface area (Å²) in [7, 11) is 0. The standard InChI is InChI=1S/C30H46O4/c1-25(2)12-14-30(24(33)34)15-13-28(6)18(19(30)16-25)8-9-22-27(5)17-20(31)23(32)26(3,4)21(27)10-11-29(22,28)7/h8-9,20-23,31-32H,10-17H2,1-7H3,(H,33,34)/t20-,21+,22?,23+,27+,28-,29-,30+/m1/s1. The van der Waals surface area contributed by atoms with Crippen LogP contribution >= 0.6 is 0 Å². The summed E-state index contributed by atoms with van der Waals surface area (Å²) < 4.78 is 0. The van der Waals surface area contributed by atoms with E-state index in [2.05, 4.69) is 60.6 Å². The van der Waals surface area contributed by atoms with E-state index in [1.165, 1.54) is 11.1 Å². The number of hydrogen-bond donors (Lipinski definition) is 3. The van der Waals surface area contributed by atoms with Crippen LogP contribution < -0.4 is 0 Å². The van der Waals surface area contributed by atoms with Crippen molar-refractivity contribution in [1.82, 2.24) is 0 Å². The maximum Gasteiger partial charge on any atom is 0.313 e. The smallest absolute Gasteiger partial charge is 0.313 e. The van der Waals surface area contributed by atoms with Crippen molar-refractivity contribution in [3.8, 4) is 0 Å². The summed E-state index contributed by atoms with van der Waals surface area (Å²) in [4.78, 5) is 12.7. The van der Waals surface area contributed by atoms with Gasteiger partial charge in [0.15, 0.2) is 0 Å². The molecule has 5 aliphatic rings. The molecule has 0 heterocycles. The summed E-state index contributed by atoms with van der Waals surface area (Å²) >= 11 is 0. The number of allylic oxidation sites excluding steroid dienone is 3. The number of rotatable bonds is 1. The molecule has 0 aromatic carbocycles. The summed E-state index contributed by atoms with van der Waals surface area (Å²) in [6, 6.07) is 0. The van der Waals surface area contributed by atoms with Crippen LogP contribution in [0.1, 0.15) is 99.8 Å². The fraction of sp³-hybridized carbons (Fsp3) is 0.833. The molecule has 0 amide bonds. The molecule has 4 nitrogen and oxygen atoms in total. The number of carbonyl (C=O) groups is 1. The lowest BCUT2D eigenvalue weighted by molar-refractivity contribution is -0.217. The lowest BCUT2D eigenvalue weighted by Gasteiger charge is -2.69. The molecule has 0 bridgehead atoms. The zero-order valence-electron chi connectivity index (χ0n) is 22.4. The van der Waals surface area contributed by atoms with Crippen LogP contribution in [0.3, 0.4) is 0 Å². The van der Waals surface area contributed by atoms with Crippen molar-refractivity contribution < 1.29 is 20.1 Å². The highest BCUT2D eigenvalue weighted by Crippen LogP contribution is 2.74. The van der Waals surface area contributed by atoms with Crippen LogP contribution in [-0.2, 0) is 4.79 Å². The summed E-state index contributed by atoms with van der Waals surface area (Å²) in [6.45, 7) is 16.1. The summed E-state index contributed by atoms with van der Waals surface area (Å²) in [5.74, 6) is 0.00716. The average molecular weight is 471 g/mol. The van der Waals surface area contributed by atoms with Crippen molar-refractivity contribution in [2.45, 2.75) is 112 Å². The van der Waals surface area contributed by atoms with Gasteiger partial charge in [0, 0.05) is 0 Å². The first kappa shape index (κ1) is 24.6. The zero-order chi connectivity index (χ0) is 25.1. The van der Waals surface area contributed by atoms with Crippen molar-refractivity contribution in [1.29, 1.82) is 0 Å². The maximum absolute atomic E-state index is 12.7. The molecular weight excluding hydrogens is 424 g/mol. The van der Waals surface area contributed by atoms with E-state index in [0.717, 1.165) is 44.9 Å². The minimum atomic E-state index is -0.704. The van der Waals surface area contributed by atoms with Crippen molar-refractivity contribution in [3.05, 3.63) is 23.3 Å². The Morgan fingerprint density at radius 2 is 1.59 bits per heavy atom. The molecule has 34 heavy (non-hydrogen) atoms. The maximum atomic E-state index is 12.7. The van der Waals surface area contributed by atoms with Crippen LogP contribution in [-0.4, -0.2) is 33.5 Å². The first-order valence-corrected chi connectivity index (χ1v) is 13.6. The van der Waals surface area contributed by atoms with E-state index in [9.17, 15) is 20.1 Å². The van der Waals surface area contributed by atoms with Gasteiger partial charge in [0.25, 0.3) is 0 Å². The second-order valence-corrected chi connectivity index (χ2v) is 14.8. The highest BCUT2D eigenvalue weighted by Gasteiger charge is 2.68. The molecule has 5 aliphatic carbocycles. The molecule has 0 aromatic rings.